The molecule has 0 rings (SSSR count). The summed E-state index contributed by atoms with van der Waals surface area (Å²) >= 11 is 1.83. The summed E-state index contributed by atoms with van der Waals surface area (Å²) in [6, 6.07) is 0. The third-order valence-corrected chi connectivity index (χ3v) is 6.33. The molecule has 0 N–H and O–H groups in total. The fourth-order valence-electron chi connectivity index (χ4n) is 0.873. The second kappa shape index (κ2) is 6.93. The van der Waals surface area contributed by atoms with Crippen LogP contribution < -0.4 is 0 Å². The molecule has 4 nitrogen and oxygen atoms in total. The highest BCUT2D eigenvalue weighted by Crippen LogP contribution is 2.56. The first-order valence-corrected chi connectivity index (χ1v) is 7.43. The van der Waals surface area contributed by atoms with Crippen molar-refractivity contribution in [3.8, 4) is 0 Å². The van der Waals surface area contributed by atoms with Gasteiger partial charge in [-0.05, 0) is 13.8 Å². The highest BCUT2D eigenvalue weighted by molar-refractivity contribution is 14.1. The van der Waals surface area contributed by atoms with E-state index in [1.807, 2.05) is 22.6 Å². The molecule has 0 aliphatic rings. The van der Waals surface area contributed by atoms with Gasteiger partial charge in [-0.2, -0.15) is 0 Å². The molecule has 0 radical (unpaired) electrons. The van der Waals surface area contributed by atoms with Crippen LogP contribution in [-0.4, -0.2) is 22.7 Å². The van der Waals surface area contributed by atoms with Gasteiger partial charge >= 0.3 is 7.60 Å². The SMILES string of the molecule is CCOP(=O)(OCC)C(I)C(=O)CC. The molecule has 14 heavy (non-hydrogen) atoms. The standard InChI is InChI=1S/C8H16IO4P/c1-4-7(10)8(9)14(11,12-5-2)13-6-3/h8H,4-6H2,1-3H3. The number of alkyl halides is 1. The van der Waals surface area contributed by atoms with Crippen molar-refractivity contribution in [2.75, 3.05) is 13.2 Å². The Morgan fingerprint density at radius 3 is 2.00 bits per heavy atom. The van der Waals surface area contributed by atoms with E-state index in [-0.39, 0.29) is 19.0 Å². The normalized spacial score (nSPS) is 14.0. The van der Waals surface area contributed by atoms with Gasteiger partial charge in [0.25, 0.3) is 0 Å². The monoisotopic (exact) mass is 334 g/mol. The van der Waals surface area contributed by atoms with E-state index in [9.17, 15) is 9.36 Å². The van der Waals surface area contributed by atoms with Crippen LogP contribution in [0.15, 0.2) is 0 Å². The van der Waals surface area contributed by atoms with Gasteiger partial charge in [0.1, 0.15) is 0 Å². The number of carbonyl (C=O) groups excluding carboxylic acids is 1. The molecule has 0 saturated carbocycles. The van der Waals surface area contributed by atoms with E-state index in [0.29, 0.717) is 6.42 Å². The Balaban J connectivity index is 4.63. The van der Waals surface area contributed by atoms with Crippen molar-refractivity contribution in [2.45, 2.75) is 30.9 Å². The number of halogens is 1. The average Bonchev–Trinajstić information content (AvgIpc) is 2.16. The molecule has 0 aromatic carbocycles. The quantitative estimate of drug-likeness (QED) is 0.408. The van der Waals surface area contributed by atoms with Crippen LogP contribution in [-0.2, 0) is 18.4 Å². The zero-order valence-corrected chi connectivity index (χ0v) is 11.7. The maximum atomic E-state index is 12.0. The molecule has 1 atom stereocenters. The Morgan fingerprint density at radius 2 is 1.71 bits per heavy atom. The lowest BCUT2D eigenvalue weighted by Crippen LogP contribution is -2.16. The molecule has 0 fully saturated rings. The van der Waals surface area contributed by atoms with Crippen molar-refractivity contribution in [3.63, 3.8) is 0 Å². The van der Waals surface area contributed by atoms with Gasteiger partial charge in [0.2, 0.25) is 0 Å². The summed E-state index contributed by atoms with van der Waals surface area (Å²) in [4.78, 5) is 11.4. The van der Waals surface area contributed by atoms with E-state index in [0.717, 1.165) is 0 Å². The third-order valence-electron chi connectivity index (χ3n) is 1.51. The van der Waals surface area contributed by atoms with Crippen LogP contribution in [0.5, 0.6) is 0 Å². The number of hydrogen-bond acceptors (Lipinski definition) is 4. The average molecular weight is 334 g/mol. The molecular weight excluding hydrogens is 318 g/mol. The minimum atomic E-state index is -3.25. The lowest BCUT2D eigenvalue weighted by atomic mass is 10.4. The van der Waals surface area contributed by atoms with Gasteiger partial charge in [0, 0.05) is 6.42 Å². The van der Waals surface area contributed by atoms with Crippen molar-refractivity contribution in [1.82, 2.24) is 0 Å². The molecular formula is C8H16IO4P. The molecule has 84 valence electrons. The summed E-state index contributed by atoms with van der Waals surface area (Å²) in [5.74, 6) is -0.101. The van der Waals surface area contributed by atoms with Crippen molar-refractivity contribution in [2.24, 2.45) is 0 Å². The molecule has 0 aliphatic heterocycles. The van der Waals surface area contributed by atoms with E-state index in [2.05, 4.69) is 0 Å². The lowest BCUT2D eigenvalue weighted by molar-refractivity contribution is -0.117. The molecule has 0 amide bonds. The largest absolute Gasteiger partial charge is 0.350 e. The third kappa shape index (κ3) is 3.96. The van der Waals surface area contributed by atoms with Crippen molar-refractivity contribution >= 4 is 36.0 Å². The molecule has 0 aliphatic carbocycles. The van der Waals surface area contributed by atoms with E-state index in [4.69, 9.17) is 9.05 Å². The topological polar surface area (TPSA) is 52.6 Å². The Hall–Kier alpha value is 0.550. The van der Waals surface area contributed by atoms with Gasteiger partial charge < -0.3 is 9.05 Å². The Kier molecular flexibility index (Phi) is 7.20. The van der Waals surface area contributed by atoms with Crippen LogP contribution in [0.3, 0.4) is 0 Å². The predicted molar refractivity (Wildman–Crippen MR) is 64.0 cm³/mol. The molecule has 0 aromatic heterocycles. The molecule has 0 heterocycles. The van der Waals surface area contributed by atoms with Gasteiger partial charge in [0.05, 0.1) is 13.2 Å². The van der Waals surface area contributed by atoms with Crippen molar-refractivity contribution in [3.05, 3.63) is 0 Å². The first-order valence-electron chi connectivity index (χ1n) is 4.57. The Labute approximate surface area is 98.4 Å². The van der Waals surface area contributed by atoms with Gasteiger partial charge in [0.15, 0.2) is 9.45 Å². The molecule has 6 heteroatoms. The Morgan fingerprint density at radius 1 is 1.29 bits per heavy atom. The number of rotatable bonds is 7. The fraction of sp³-hybridized carbons (Fsp3) is 0.875. The summed E-state index contributed by atoms with van der Waals surface area (Å²) in [7, 11) is -3.25. The van der Waals surface area contributed by atoms with E-state index >= 15 is 0 Å². The number of hydrogen-bond donors (Lipinski definition) is 0. The second-order valence-electron chi connectivity index (χ2n) is 2.53. The molecule has 1 unspecified atom stereocenters. The van der Waals surface area contributed by atoms with Crippen LogP contribution in [0.25, 0.3) is 0 Å². The highest BCUT2D eigenvalue weighted by atomic mass is 127. The summed E-state index contributed by atoms with van der Waals surface area (Å²) in [5.41, 5.74) is 0. The van der Waals surface area contributed by atoms with Crippen molar-refractivity contribution in [1.29, 1.82) is 0 Å². The second-order valence-corrected chi connectivity index (χ2v) is 6.87. The number of Topliss-reactive ketones (excluding diaryl/α,β-unsaturated/α-hetero) is 1. The molecule has 0 spiro atoms. The van der Waals surface area contributed by atoms with Crippen LogP contribution in [0.2, 0.25) is 0 Å². The van der Waals surface area contributed by atoms with Gasteiger partial charge in [-0.25, -0.2) is 0 Å². The zero-order chi connectivity index (χ0) is 11.2. The minimum absolute atomic E-state index is 0.101. The van der Waals surface area contributed by atoms with Crippen molar-refractivity contribution < 1.29 is 18.4 Å². The summed E-state index contributed by atoms with van der Waals surface area (Å²) in [5, 5.41) is 0. The molecule has 0 aromatic rings. The maximum Gasteiger partial charge on any atom is 0.350 e. The number of ketones is 1. The number of carbonyl (C=O) groups is 1. The van der Waals surface area contributed by atoms with Gasteiger partial charge in [-0.3, -0.25) is 9.36 Å². The summed E-state index contributed by atoms with van der Waals surface area (Å²) in [6.45, 7) is 5.76. The predicted octanol–water partition coefficient (Wildman–Crippen LogP) is 2.99. The van der Waals surface area contributed by atoms with Crippen LogP contribution in [0.4, 0.5) is 0 Å². The lowest BCUT2D eigenvalue weighted by Gasteiger charge is -2.20. The fourth-order valence-corrected chi connectivity index (χ4v) is 3.87. The minimum Gasteiger partial charge on any atom is -0.308 e. The van der Waals surface area contributed by atoms with Crippen LogP contribution >= 0.6 is 30.2 Å². The van der Waals surface area contributed by atoms with E-state index in [1.54, 1.807) is 20.8 Å². The summed E-state index contributed by atoms with van der Waals surface area (Å²) < 4.78 is 21.5. The van der Waals surface area contributed by atoms with Gasteiger partial charge in [-0.1, -0.05) is 29.5 Å². The first kappa shape index (κ1) is 14.6. The van der Waals surface area contributed by atoms with Crippen LogP contribution in [0, 0.1) is 0 Å². The van der Waals surface area contributed by atoms with Gasteiger partial charge in [-0.15, -0.1) is 0 Å². The Bertz CT molecular complexity index is 221. The zero-order valence-electron chi connectivity index (χ0n) is 8.66. The first-order chi connectivity index (χ1) is 6.51. The smallest absolute Gasteiger partial charge is 0.308 e. The van der Waals surface area contributed by atoms with E-state index in [1.165, 1.54) is 0 Å². The highest BCUT2D eigenvalue weighted by Gasteiger charge is 2.37. The summed E-state index contributed by atoms with van der Waals surface area (Å²) in [6.07, 6.45) is 0.345. The van der Waals surface area contributed by atoms with Crippen LogP contribution in [0.1, 0.15) is 27.2 Å². The van der Waals surface area contributed by atoms with E-state index < -0.39 is 11.3 Å². The molecule has 0 saturated heterocycles. The molecule has 0 bridgehead atoms. The maximum absolute atomic E-state index is 12.0.